The second kappa shape index (κ2) is 11.5. The molecule has 6 nitrogen and oxygen atoms in total. The van der Waals surface area contributed by atoms with Crippen LogP contribution < -0.4 is 14.8 Å². The molecule has 0 saturated carbocycles. The molecule has 152 valence electrons. The minimum absolute atomic E-state index is 0.00977. The van der Waals surface area contributed by atoms with Crippen LogP contribution in [0.2, 0.25) is 0 Å². The van der Waals surface area contributed by atoms with Crippen molar-refractivity contribution in [2.75, 3.05) is 27.4 Å². The van der Waals surface area contributed by atoms with Gasteiger partial charge in [-0.2, -0.15) is 5.26 Å². The third-order valence-electron chi connectivity index (χ3n) is 3.98. The molecule has 0 radical (unpaired) electrons. The molecule has 0 bridgehead atoms. The topological polar surface area (TPSA) is 80.6 Å². The molecule has 0 spiro atoms. The molecule has 0 aliphatic rings. The van der Waals surface area contributed by atoms with Crippen LogP contribution in [0.4, 0.5) is 4.39 Å². The van der Waals surface area contributed by atoms with E-state index in [9.17, 15) is 14.4 Å². The first-order chi connectivity index (χ1) is 14.1. The summed E-state index contributed by atoms with van der Waals surface area (Å²) in [5.74, 6) is 0.202. The van der Waals surface area contributed by atoms with E-state index in [2.05, 4.69) is 5.32 Å². The van der Waals surface area contributed by atoms with Crippen molar-refractivity contribution in [3.63, 3.8) is 0 Å². The third kappa shape index (κ3) is 6.94. The maximum Gasteiger partial charge on any atom is 0.261 e. The van der Waals surface area contributed by atoms with Gasteiger partial charge in [0.05, 0.1) is 7.11 Å². The van der Waals surface area contributed by atoms with E-state index in [1.54, 1.807) is 37.4 Å². The van der Waals surface area contributed by atoms with Crippen molar-refractivity contribution in [1.29, 1.82) is 5.26 Å². The molecule has 0 unspecified atom stereocenters. The van der Waals surface area contributed by atoms with E-state index in [4.69, 9.17) is 14.2 Å². The number of nitrogens with zero attached hydrogens (tertiary/aromatic N) is 1. The van der Waals surface area contributed by atoms with Crippen LogP contribution in [0.5, 0.6) is 11.5 Å². The lowest BCUT2D eigenvalue weighted by atomic mass is 10.1. The second-order valence-electron chi connectivity index (χ2n) is 6.10. The fourth-order valence-corrected chi connectivity index (χ4v) is 2.46. The maximum absolute atomic E-state index is 13.0. The Bertz CT molecular complexity index is 889. The molecule has 29 heavy (non-hydrogen) atoms. The van der Waals surface area contributed by atoms with Gasteiger partial charge < -0.3 is 19.5 Å². The fourth-order valence-electron chi connectivity index (χ4n) is 2.46. The average molecular weight is 398 g/mol. The van der Waals surface area contributed by atoms with Gasteiger partial charge in [-0.15, -0.1) is 0 Å². The summed E-state index contributed by atoms with van der Waals surface area (Å²) in [6.45, 7) is 1.20. The predicted octanol–water partition coefficient (Wildman–Crippen LogP) is 3.47. The number of methoxy groups -OCH3 is 2. The lowest BCUT2D eigenvalue weighted by Gasteiger charge is -2.11. The van der Waals surface area contributed by atoms with Crippen molar-refractivity contribution in [1.82, 2.24) is 5.32 Å². The van der Waals surface area contributed by atoms with Crippen molar-refractivity contribution < 1.29 is 23.4 Å². The van der Waals surface area contributed by atoms with Gasteiger partial charge in [0.15, 0.2) is 11.5 Å². The third-order valence-corrected chi connectivity index (χ3v) is 3.98. The fraction of sp³-hybridized carbons (Fsp3) is 0.273. The largest absolute Gasteiger partial charge is 0.493 e. The summed E-state index contributed by atoms with van der Waals surface area (Å²) in [4.78, 5) is 12.1. The summed E-state index contributed by atoms with van der Waals surface area (Å²) in [6, 6.07) is 13.0. The standard InChI is InChI=1S/C22H23FN2O4/c1-27-11-3-10-25-22(26)18(14-24)12-17-6-9-20(21(13-17)28-2)29-15-16-4-7-19(23)8-5-16/h4-9,12-13H,3,10-11,15H2,1-2H3,(H,25,26)/b18-12+. The molecular formula is C22H23FN2O4. The van der Waals surface area contributed by atoms with Crippen molar-refractivity contribution in [3.8, 4) is 17.6 Å². The average Bonchev–Trinajstić information content (AvgIpc) is 2.74. The summed E-state index contributed by atoms with van der Waals surface area (Å²) in [6.07, 6.45) is 2.15. The van der Waals surface area contributed by atoms with E-state index in [0.717, 1.165) is 5.56 Å². The summed E-state index contributed by atoms with van der Waals surface area (Å²) in [7, 11) is 3.09. The summed E-state index contributed by atoms with van der Waals surface area (Å²) < 4.78 is 29.0. The zero-order valence-electron chi connectivity index (χ0n) is 16.4. The number of carbonyl (C=O) groups excluding carboxylic acids is 1. The Labute approximate surface area is 169 Å². The Morgan fingerprint density at radius 1 is 1.17 bits per heavy atom. The molecule has 0 aliphatic heterocycles. The van der Waals surface area contributed by atoms with Crippen LogP contribution in [0.3, 0.4) is 0 Å². The van der Waals surface area contributed by atoms with Crippen LogP contribution in [0, 0.1) is 17.1 Å². The molecule has 2 rings (SSSR count). The highest BCUT2D eigenvalue weighted by Gasteiger charge is 2.10. The molecule has 0 aliphatic carbocycles. The van der Waals surface area contributed by atoms with Gasteiger partial charge in [0.2, 0.25) is 0 Å². The molecule has 2 aromatic carbocycles. The minimum atomic E-state index is -0.445. The minimum Gasteiger partial charge on any atom is -0.493 e. The highest BCUT2D eigenvalue weighted by molar-refractivity contribution is 6.01. The number of rotatable bonds is 10. The quantitative estimate of drug-likeness (QED) is 0.377. The van der Waals surface area contributed by atoms with E-state index >= 15 is 0 Å². The monoisotopic (exact) mass is 398 g/mol. The molecule has 7 heteroatoms. The number of halogens is 1. The first kappa shape index (κ1) is 21.9. The number of carbonyl (C=O) groups is 1. The molecular weight excluding hydrogens is 375 g/mol. The van der Waals surface area contributed by atoms with E-state index in [1.807, 2.05) is 6.07 Å². The second-order valence-corrected chi connectivity index (χ2v) is 6.10. The Kier molecular flexibility index (Phi) is 8.67. The number of hydrogen-bond donors (Lipinski definition) is 1. The molecule has 0 atom stereocenters. The van der Waals surface area contributed by atoms with Crippen molar-refractivity contribution in [2.45, 2.75) is 13.0 Å². The Balaban J connectivity index is 2.07. The van der Waals surface area contributed by atoms with E-state index in [-0.39, 0.29) is 18.0 Å². The van der Waals surface area contributed by atoms with Gasteiger partial charge >= 0.3 is 0 Å². The summed E-state index contributed by atoms with van der Waals surface area (Å²) in [5, 5.41) is 12.0. The zero-order valence-corrected chi connectivity index (χ0v) is 16.4. The van der Waals surface area contributed by atoms with Gasteiger partial charge in [0.1, 0.15) is 24.1 Å². The number of nitrogens with one attached hydrogen (secondary N) is 1. The molecule has 1 N–H and O–H groups in total. The van der Waals surface area contributed by atoms with Crippen LogP contribution in [-0.4, -0.2) is 33.3 Å². The summed E-state index contributed by atoms with van der Waals surface area (Å²) >= 11 is 0. The smallest absolute Gasteiger partial charge is 0.261 e. The Morgan fingerprint density at radius 3 is 2.59 bits per heavy atom. The SMILES string of the molecule is COCCCNC(=O)/C(C#N)=C/c1ccc(OCc2ccc(F)cc2)c(OC)c1. The van der Waals surface area contributed by atoms with Crippen LogP contribution in [0.15, 0.2) is 48.0 Å². The Morgan fingerprint density at radius 2 is 1.93 bits per heavy atom. The summed E-state index contributed by atoms with van der Waals surface area (Å²) in [5.41, 5.74) is 1.43. The van der Waals surface area contributed by atoms with Crippen molar-refractivity contribution >= 4 is 12.0 Å². The lowest BCUT2D eigenvalue weighted by Crippen LogP contribution is -2.26. The number of amides is 1. The highest BCUT2D eigenvalue weighted by atomic mass is 19.1. The molecule has 1 amide bonds. The lowest BCUT2D eigenvalue weighted by molar-refractivity contribution is -0.117. The van der Waals surface area contributed by atoms with Crippen molar-refractivity contribution in [2.24, 2.45) is 0 Å². The number of benzene rings is 2. The van der Waals surface area contributed by atoms with Crippen LogP contribution in [0.25, 0.3) is 6.08 Å². The predicted molar refractivity (Wildman–Crippen MR) is 107 cm³/mol. The Hall–Kier alpha value is -3.37. The number of hydrogen-bond acceptors (Lipinski definition) is 5. The molecule has 0 fully saturated rings. The van der Waals surface area contributed by atoms with Gasteiger partial charge in [0, 0.05) is 20.3 Å². The molecule has 0 aromatic heterocycles. The number of nitriles is 1. The van der Waals surface area contributed by atoms with Crippen LogP contribution in [-0.2, 0) is 16.1 Å². The van der Waals surface area contributed by atoms with Gasteiger partial charge in [-0.05, 0) is 47.9 Å². The first-order valence-corrected chi connectivity index (χ1v) is 9.01. The van der Waals surface area contributed by atoms with E-state index in [1.165, 1.54) is 25.3 Å². The maximum atomic E-state index is 13.0. The molecule has 0 heterocycles. The molecule has 2 aromatic rings. The van der Waals surface area contributed by atoms with E-state index in [0.29, 0.717) is 36.6 Å². The van der Waals surface area contributed by atoms with Gasteiger partial charge in [-0.25, -0.2) is 4.39 Å². The van der Waals surface area contributed by atoms with Gasteiger partial charge in [-0.3, -0.25) is 4.79 Å². The number of ether oxygens (including phenoxy) is 3. The van der Waals surface area contributed by atoms with Gasteiger partial charge in [0.25, 0.3) is 5.91 Å². The van der Waals surface area contributed by atoms with Crippen molar-refractivity contribution in [3.05, 3.63) is 65.0 Å². The highest BCUT2D eigenvalue weighted by Crippen LogP contribution is 2.29. The first-order valence-electron chi connectivity index (χ1n) is 9.01. The van der Waals surface area contributed by atoms with Crippen LogP contribution in [0.1, 0.15) is 17.5 Å². The molecule has 0 saturated heterocycles. The van der Waals surface area contributed by atoms with E-state index < -0.39 is 5.91 Å². The normalized spacial score (nSPS) is 10.9. The zero-order chi connectivity index (χ0) is 21.1. The van der Waals surface area contributed by atoms with Gasteiger partial charge in [-0.1, -0.05) is 18.2 Å². The van der Waals surface area contributed by atoms with Crippen LogP contribution >= 0.6 is 0 Å².